The highest BCUT2D eigenvalue weighted by Gasteiger charge is 2.16. The first-order valence-electron chi connectivity index (χ1n) is 9.11. The molecule has 1 heterocycles. The van der Waals surface area contributed by atoms with Crippen LogP contribution in [0.3, 0.4) is 0 Å². The topological polar surface area (TPSA) is 56.1 Å². The molecule has 0 spiro atoms. The lowest BCUT2D eigenvalue weighted by Gasteiger charge is -2.09. The fourth-order valence-corrected chi connectivity index (χ4v) is 3.09. The molecule has 0 saturated carbocycles. The van der Waals surface area contributed by atoms with E-state index in [-0.39, 0.29) is 5.91 Å². The Bertz CT molecular complexity index is 960. The number of carbonyl (C=O) groups excluding carboxylic acids is 1. The van der Waals surface area contributed by atoms with Crippen LogP contribution in [-0.2, 0) is 6.54 Å². The second kappa shape index (κ2) is 8.08. The van der Waals surface area contributed by atoms with Gasteiger partial charge in [-0.25, -0.2) is 0 Å². The molecule has 0 radical (unpaired) electrons. The Morgan fingerprint density at radius 3 is 2.63 bits per heavy atom. The number of nitrogens with one attached hydrogen (secondary N) is 1. The molecule has 0 aliphatic heterocycles. The highest BCUT2D eigenvalue weighted by atomic mass is 16.5. The van der Waals surface area contributed by atoms with Crippen LogP contribution in [-0.4, -0.2) is 22.3 Å². The van der Waals surface area contributed by atoms with Crippen molar-refractivity contribution < 1.29 is 9.53 Å². The molecular weight excluding hydrogens is 338 g/mol. The summed E-state index contributed by atoms with van der Waals surface area (Å²) in [6.45, 7) is 9.11. The van der Waals surface area contributed by atoms with Gasteiger partial charge in [-0.1, -0.05) is 35.9 Å². The predicted octanol–water partition coefficient (Wildman–Crippen LogP) is 4.51. The smallest absolute Gasteiger partial charge is 0.255 e. The molecule has 27 heavy (non-hydrogen) atoms. The van der Waals surface area contributed by atoms with E-state index >= 15 is 0 Å². The van der Waals surface area contributed by atoms with Gasteiger partial charge in [-0.15, -0.1) is 0 Å². The van der Waals surface area contributed by atoms with Crippen LogP contribution in [0.2, 0.25) is 0 Å². The largest absolute Gasteiger partial charge is 0.494 e. The summed E-state index contributed by atoms with van der Waals surface area (Å²) in [6, 6.07) is 15.5. The number of amides is 1. The molecule has 3 aromatic rings. The number of hydrogen-bond donors (Lipinski definition) is 1. The first kappa shape index (κ1) is 18.7. The van der Waals surface area contributed by atoms with E-state index in [0.29, 0.717) is 24.5 Å². The quantitative estimate of drug-likeness (QED) is 0.701. The Balaban J connectivity index is 1.80. The maximum absolute atomic E-state index is 12.7. The SMILES string of the molecule is CCOc1cccc(C(=O)Nc2c(C)nn(Cc3cccc(C)c3)c2C)c1. The van der Waals surface area contributed by atoms with Gasteiger partial charge in [0.05, 0.1) is 30.2 Å². The van der Waals surface area contributed by atoms with E-state index in [1.165, 1.54) is 11.1 Å². The number of carbonyl (C=O) groups is 1. The van der Waals surface area contributed by atoms with Crippen molar-refractivity contribution in [3.63, 3.8) is 0 Å². The van der Waals surface area contributed by atoms with Crippen LogP contribution in [0, 0.1) is 20.8 Å². The normalized spacial score (nSPS) is 10.7. The molecule has 0 atom stereocenters. The maximum Gasteiger partial charge on any atom is 0.255 e. The van der Waals surface area contributed by atoms with Gasteiger partial charge in [0.1, 0.15) is 5.75 Å². The summed E-state index contributed by atoms with van der Waals surface area (Å²) in [5.74, 6) is 0.520. The second-order valence-electron chi connectivity index (χ2n) is 6.61. The minimum Gasteiger partial charge on any atom is -0.494 e. The summed E-state index contributed by atoms with van der Waals surface area (Å²) in [5.41, 5.74) is 5.46. The Hall–Kier alpha value is -3.08. The monoisotopic (exact) mass is 363 g/mol. The lowest BCUT2D eigenvalue weighted by Crippen LogP contribution is -2.13. The van der Waals surface area contributed by atoms with E-state index in [0.717, 1.165) is 17.1 Å². The molecule has 140 valence electrons. The lowest BCUT2D eigenvalue weighted by atomic mass is 10.1. The molecule has 0 aliphatic carbocycles. The standard InChI is InChI=1S/C22H25N3O2/c1-5-27-20-11-7-10-19(13-20)22(26)23-21-16(3)24-25(17(21)4)14-18-9-6-8-15(2)12-18/h6-13H,5,14H2,1-4H3,(H,23,26). The van der Waals surface area contributed by atoms with Crippen molar-refractivity contribution in [1.29, 1.82) is 0 Å². The zero-order valence-electron chi connectivity index (χ0n) is 16.2. The van der Waals surface area contributed by atoms with Crippen molar-refractivity contribution in [2.45, 2.75) is 34.2 Å². The van der Waals surface area contributed by atoms with Crippen molar-refractivity contribution >= 4 is 11.6 Å². The molecule has 3 rings (SSSR count). The van der Waals surface area contributed by atoms with Crippen molar-refractivity contribution in [3.8, 4) is 5.75 Å². The Morgan fingerprint density at radius 2 is 1.89 bits per heavy atom. The third-order valence-corrected chi connectivity index (χ3v) is 4.44. The van der Waals surface area contributed by atoms with Crippen LogP contribution in [0.15, 0.2) is 48.5 Å². The van der Waals surface area contributed by atoms with Crippen molar-refractivity contribution in [2.75, 3.05) is 11.9 Å². The number of benzene rings is 2. The molecule has 0 bridgehead atoms. The summed E-state index contributed by atoms with van der Waals surface area (Å²) < 4.78 is 7.40. The number of nitrogens with zero attached hydrogens (tertiary/aromatic N) is 2. The van der Waals surface area contributed by atoms with E-state index in [1.54, 1.807) is 12.1 Å². The molecule has 5 nitrogen and oxygen atoms in total. The van der Waals surface area contributed by atoms with Crippen LogP contribution in [0.1, 0.15) is 39.8 Å². The molecule has 5 heteroatoms. The molecule has 0 unspecified atom stereocenters. The summed E-state index contributed by atoms with van der Waals surface area (Å²) >= 11 is 0. The zero-order valence-corrected chi connectivity index (χ0v) is 16.2. The zero-order chi connectivity index (χ0) is 19.4. The van der Waals surface area contributed by atoms with Gasteiger partial charge in [-0.2, -0.15) is 5.10 Å². The highest BCUT2D eigenvalue weighted by molar-refractivity contribution is 6.05. The molecule has 0 aliphatic rings. The fraction of sp³-hybridized carbons (Fsp3) is 0.273. The molecular formula is C22H25N3O2. The molecule has 1 aromatic heterocycles. The van der Waals surface area contributed by atoms with Gasteiger partial charge in [0, 0.05) is 5.56 Å². The van der Waals surface area contributed by atoms with Crippen LogP contribution in [0.4, 0.5) is 5.69 Å². The van der Waals surface area contributed by atoms with Gasteiger partial charge in [-0.3, -0.25) is 9.48 Å². The van der Waals surface area contributed by atoms with E-state index in [4.69, 9.17) is 4.74 Å². The second-order valence-corrected chi connectivity index (χ2v) is 6.61. The molecule has 2 aromatic carbocycles. The van der Waals surface area contributed by atoms with Gasteiger partial charge in [0.25, 0.3) is 5.91 Å². The van der Waals surface area contributed by atoms with Gasteiger partial charge >= 0.3 is 0 Å². The number of rotatable bonds is 6. The molecule has 0 saturated heterocycles. The van der Waals surface area contributed by atoms with Crippen LogP contribution >= 0.6 is 0 Å². The maximum atomic E-state index is 12.7. The first-order valence-corrected chi connectivity index (χ1v) is 9.11. The lowest BCUT2D eigenvalue weighted by molar-refractivity contribution is 0.102. The first-order chi connectivity index (χ1) is 13.0. The summed E-state index contributed by atoms with van der Waals surface area (Å²) in [6.07, 6.45) is 0. The Kier molecular flexibility index (Phi) is 5.60. The van der Waals surface area contributed by atoms with E-state index in [1.807, 2.05) is 43.7 Å². The Morgan fingerprint density at radius 1 is 1.11 bits per heavy atom. The van der Waals surface area contributed by atoms with Gasteiger partial charge in [0.2, 0.25) is 0 Å². The summed E-state index contributed by atoms with van der Waals surface area (Å²) in [5, 5.41) is 7.61. The number of ether oxygens (including phenoxy) is 1. The highest BCUT2D eigenvalue weighted by Crippen LogP contribution is 2.22. The molecule has 0 fully saturated rings. The summed E-state index contributed by atoms with van der Waals surface area (Å²) in [4.78, 5) is 12.7. The molecule has 1 N–H and O–H groups in total. The third kappa shape index (κ3) is 4.37. The van der Waals surface area contributed by atoms with Crippen molar-refractivity contribution in [2.24, 2.45) is 0 Å². The molecule has 1 amide bonds. The van der Waals surface area contributed by atoms with Gasteiger partial charge < -0.3 is 10.1 Å². The number of hydrogen-bond acceptors (Lipinski definition) is 3. The summed E-state index contributed by atoms with van der Waals surface area (Å²) in [7, 11) is 0. The van der Waals surface area contributed by atoms with E-state index in [2.05, 4.69) is 35.5 Å². The van der Waals surface area contributed by atoms with Crippen LogP contribution < -0.4 is 10.1 Å². The number of aromatic nitrogens is 2. The van der Waals surface area contributed by atoms with E-state index in [9.17, 15) is 4.79 Å². The van der Waals surface area contributed by atoms with Gasteiger partial charge in [-0.05, 0) is 51.5 Å². The van der Waals surface area contributed by atoms with Crippen LogP contribution in [0.5, 0.6) is 5.75 Å². The average Bonchev–Trinajstić information content (AvgIpc) is 2.90. The number of anilines is 1. The fourth-order valence-electron chi connectivity index (χ4n) is 3.09. The third-order valence-electron chi connectivity index (χ3n) is 4.44. The van der Waals surface area contributed by atoms with E-state index < -0.39 is 0 Å². The average molecular weight is 363 g/mol. The van der Waals surface area contributed by atoms with Crippen molar-refractivity contribution in [3.05, 3.63) is 76.6 Å². The predicted molar refractivity (Wildman–Crippen MR) is 108 cm³/mol. The Labute approximate surface area is 160 Å². The van der Waals surface area contributed by atoms with Crippen molar-refractivity contribution in [1.82, 2.24) is 9.78 Å². The van der Waals surface area contributed by atoms with Gasteiger partial charge in [0.15, 0.2) is 0 Å². The minimum absolute atomic E-state index is 0.169. The minimum atomic E-state index is -0.169. The van der Waals surface area contributed by atoms with Crippen LogP contribution in [0.25, 0.3) is 0 Å². The number of aryl methyl sites for hydroxylation is 2.